The summed E-state index contributed by atoms with van der Waals surface area (Å²) in [6, 6.07) is 26.0. The van der Waals surface area contributed by atoms with E-state index in [0.29, 0.717) is 35.1 Å². The molecule has 1 unspecified atom stereocenters. The molecule has 160 valence electrons. The smallest absolute Gasteiger partial charge is 0.326 e. The Morgan fingerprint density at radius 3 is 2.28 bits per heavy atom. The summed E-state index contributed by atoms with van der Waals surface area (Å²) >= 11 is 6.38. The van der Waals surface area contributed by atoms with Crippen LogP contribution in [0.4, 0.5) is 5.82 Å². The SMILES string of the molecule is O=C(O)C(Cc1ccccc1)Nc1ncc(-c2ccccc2)nc1Cc1ccccc1Cl. The maximum Gasteiger partial charge on any atom is 0.326 e. The fraction of sp³-hybridized carbons (Fsp3) is 0.115. The summed E-state index contributed by atoms with van der Waals surface area (Å²) in [5, 5.41) is 13.5. The van der Waals surface area contributed by atoms with Gasteiger partial charge in [0.1, 0.15) is 11.9 Å². The van der Waals surface area contributed by atoms with Crippen LogP contribution in [0.1, 0.15) is 16.8 Å². The standard InChI is InChI=1S/C26H22ClN3O2/c27-21-14-8-7-13-20(21)16-22-25(28-17-24(29-22)19-11-5-2-6-12-19)30-23(26(31)32)15-18-9-3-1-4-10-18/h1-14,17,23H,15-16H2,(H,28,30)(H,31,32). The van der Waals surface area contributed by atoms with Gasteiger partial charge in [0.05, 0.1) is 17.6 Å². The number of aliphatic carboxylic acids is 1. The topological polar surface area (TPSA) is 75.1 Å². The number of benzene rings is 3. The van der Waals surface area contributed by atoms with Gasteiger partial charge in [-0.2, -0.15) is 0 Å². The highest BCUT2D eigenvalue weighted by Crippen LogP contribution is 2.25. The predicted octanol–water partition coefficient (Wildman–Crippen LogP) is 5.50. The van der Waals surface area contributed by atoms with Crippen molar-refractivity contribution in [3.05, 3.63) is 113 Å². The van der Waals surface area contributed by atoms with Crippen molar-refractivity contribution in [2.45, 2.75) is 18.9 Å². The Labute approximate surface area is 191 Å². The highest BCUT2D eigenvalue weighted by atomic mass is 35.5. The van der Waals surface area contributed by atoms with E-state index < -0.39 is 12.0 Å². The quantitative estimate of drug-likeness (QED) is 0.376. The first-order valence-corrected chi connectivity index (χ1v) is 10.7. The number of hydrogen-bond acceptors (Lipinski definition) is 4. The highest BCUT2D eigenvalue weighted by Gasteiger charge is 2.21. The van der Waals surface area contributed by atoms with Gasteiger partial charge in [0.2, 0.25) is 0 Å². The summed E-state index contributed by atoms with van der Waals surface area (Å²) < 4.78 is 0. The van der Waals surface area contributed by atoms with Gasteiger partial charge in [-0.15, -0.1) is 0 Å². The third-order valence-electron chi connectivity index (χ3n) is 5.12. The Balaban J connectivity index is 1.69. The summed E-state index contributed by atoms with van der Waals surface area (Å²) in [6.45, 7) is 0. The van der Waals surface area contributed by atoms with Crippen LogP contribution in [0.5, 0.6) is 0 Å². The van der Waals surface area contributed by atoms with Gasteiger partial charge >= 0.3 is 5.97 Å². The van der Waals surface area contributed by atoms with Crippen molar-refractivity contribution in [3.63, 3.8) is 0 Å². The van der Waals surface area contributed by atoms with Crippen molar-refractivity contribution in [1.82, 2.24) is 9.97 Å². The normalized spacial score (nSPS) is 11.7. The van der Waals surface area contributed by atoms with Crippen LogP contribution in [0.15, 0.2) is 91.1 Å². The number of carboxylic acid groups (broad SMARTS) is 1. The molecule has 2 N–H and O–H groups in total. The molecule has 1 atom stereocenters. The molecule has 0 bridgehead atoms. The minimum Gasteiger partial charge on any atom is -0.480 e. The van der Waals surface area contributed by atoms with E-state index in [1.165, 1.54) is 0 Å². The van der Waals surface area contributed by atoms with Crippen molar-refractivity contribution in [2.24, 2.45) is 0 Å². The largest absolute Gasteiger partial charge is 0.480 e. The van der Waals surface area contributed by atoms with Crippen molar-refractivity contribution in [3.8, 4) is 11.3 Å². The van der Waals surface area contributed by atoms with E-state index in [9.17, 15) is 9.90 Å². The van der Waals surface area contributed by atoms with Gasteiger partial charge in [-0.1, -0.05) is 90.5 Å². The highest BCUT2D eigenvalue weighted by molar-refractivity contribution is 6.31. The molecule has 0 saturated heterocycles. The molecular weight excluding hydrogens is 422 g/mol. The Hall–Kier alpha value is -3.70. The third kappa shape index (κ3) is 5.31. The number of halogens is 1. The van der Waals surface area contributed by atoms with Crippen molar-refractivity contribution in [2.75, 3.05) is 5.32 Å². The lowest BCUT2D eigenvalue weighted by Crippen LogP contribution is -2.32. The Bertz CT molecular complexity index is 1200. The molecule has 0 fully saturated rings. The summed E-state index contributed by atoms with van der Waals surface area (Å²) in [4.78, 5) is 21.4. The van der Waals surface area contributed by atoms with E-state index in [1.807, 2.05) is 84.9 Å². The van der Waals surface area contributed by atoms with Crippen LogP contribution in [0.2, 0.25) is 5.02 Å². The molecule has 0 saturated carbocycles. The lowest BCUT2D eigenvalue weighted by atomic mass is 10.1. The maximum absolute atomic E-state index is 12.0. The van der Waals surface area contributed by atoms with Gasteiger partial charge in [-0.05, 0) is 17.2 Å². The molecule has 3 aromatic carbocycles. The number of nitrogens with one attached hydrogen (secondary N) is 1. The molecule has 0 aliphatic carbocycles. The first-order valence-electron chi connectivity index (χ1n) is 10.3. The van der Waals surface area contributed by atoms with Crippen LogP contribution in [-0.4, -0.2) is 27.1 Å². The molecular formula is C26H22ClN3O2. The molecule has 32 heavy (non-hydrogen) atoms. The molecule has 0 amide bonds. The van der Waals surface area contributed by atoms with Crippen LogP contribution in [-0.2, 0) is 17.6 Å². The summed E-state index contributed by atoms with van der Waals surface area (Å²) in [5.74, 6) is -0.514. The van der Waals surface area contributed by atoms with E-state index in [0.717, 1.165) is 16.7 Å². The first kappa shape index (κ1) is 21.5. The summed E-state index contributed by atoms with van der Waals surface area (Å²) in [7, 11) is 0. The Morgan fingerprint density at radius 1 is 0.938 bits per heavy atom. The molecule has 0 aliphatic heterocycles. The Morgan fingerprint density at radius 2 is 1.59 bits per heavy atom. The monoisotopic (exact) mass is 443 g/mol. The van der Waals surface area contributed by atoms with Crippen LogP contribution < -0.4 is 5.32 Å². The minimum absolute atomic E-state index is 0.323. The molecule has 4 rings (SSSR count). The minimum atomic E-state index is -0.952. The molecule has 5 nitrogen and oxygen atoms in total. The predicted molar refractivity (Wildman–Crippen MR) is 127 cm³/mol. The second-order valence-corrected chi connectivity index (χ2v) is 7.82. The number of nitrogens with zero attached hydrogens (tertiary/aromatic N) is 2. The second kappa shape index (κ2) is 10.1. The summed E-state index contributed by atoms with van der Waals surface area (Å²) in [6.07, 6.45) is 2.41. The average molecular weight is 444 g/mol. The van der Waals surface area contributed by atoms with Crippen LogP contribution >= 0.6 is 11.6 Å². The van der Waals surface area contributed by atoms with E-state index >= 15 is 0 Å². The van der Waals surface area contributed by atoms with Crippen molar-refractivity contribution >= 4 is 23.4 Å². The van der Waals surface area contributed by atoms with Crippen molar-refractivity contribution < 1.29 is 9.90 Å². The van der Waals surface area contributed by atoms with Crippen molar-refractivity contribution in [1.29, 1.82) is 0 Å². The molecule has 0 radical (unpaired) electrons. The number of carboxylic acids is 1. The lowest BCUT2D eigenvalue weighted by Gasteiger charge is -2.18. The number of rotatable bonds is 8. The Kier molecular flexibility index (Phi) is 6.78. The van der Waals surface area contributed by atoms with E-state index in [4.69, 9.17) is 16.6 Å². The van der Waals surface area contributed by atoms with Crippen LogP contribution in [0.3, 0.4) is 0 Å². The molecule has 1 aromatic heterocycles. The van der Waals surface area contributed by atoms with E-state index in [-0.39, 0.29) is 0 Å². The number of hydrogen-bond donors (Lipinski definition) is 2. The number of anilines is 1. The molecule has 6 heteroatoms. The van der Waals surface area contributed by atoms with E-state index in [1.54, 1.807) is 6.20 Å². The molecule has 0 spiro atoms. The van der Waals surface area contributed by atoms with Crippen LogP contribution in [0, 0.1) is 0 Å². The molecule has 4 aromatic rings. The zero-order valence-corrected chi connectivity index (χ0v) is 18.0. The fourth-order valence-corrected chi connectivity index (χ4v) is 3.66. The average Bonchev–Trinajstić information content (AvgIpc) is 2.82. The molecule has 1 heterocycles. The van der Waals surface area contributed by atoms with E-state index in [2.05, 4.69) is 10.3 Å². The van der Waals surface area contributed by atoms with Gasteiger partial charge in [-0.3, -0.25) is 0 Å². The number of aromatic nitrogens is 2. The zero-order chi connectivity index (χ0) is 22.3. The van der Waals surface area contributed by atoms with Gasteiger partial charge in [0.25, 0.3) is 0 Å². The number of carbonyl (C=O) groups is 1. The zero-order valence-electron chi connectivity index (χ0n) is 17.3. The third-order valence-corrected chi connectivity index (χ3v) is 5.49. The lowest BCUT2D eigenvalue weighted by molar-refractivity contribution is -0.137. The van der Waals surface area contributed by atoms with Crippen LogP contribution in [0.25, 0.3) is 11.3 Å². The van der Waals surface area contributed by atoms with Gasteiger partial charge < -0.3 is 10.4 Å². The second-order valence-electron chi connectivity index (χ2n) is 7.41. The van der Waals surface area contributed by atoms with Gasteiger partial charge in [0, 0.05) is 23.4 Å². The maximum atomic E-state index is 12.0. The van der Waals surface area contributed by atoms with Gasteiger partial charge in [-0.25, -0.2) is 14.8 Å². The first-order chi connectivity index (χ1) is 15.6. The molecule has 0 aliphatic rings. The van der Waals surface area contributed by atoms with Gasteiger partial charge in [0.15, 0.2) is 0 Å². The summed E-state index contributed by atoms with van der Waals surface area (Å²) in [5.41, 5.74) is 4.11. The fourth-order valence-electron chi connectivity index (χ4n) is 3.46.